The van der Waals surface area contributed by atoms with E-state index in [1.165, 1.54) is 25.7 Å². The topological polar surface area (TPSA) is 81.1 Å². The van der Waals surface area contributed by atoms with Crippen LogP contribution in [0.2, 0.25) is 0 Å². The number of nitrogens with one attached hydrogen (secondary N) is 1. The molecule has 7 heteroatoms. The molecule has 0 saturated heterocycles. The molecule has 0 spiro atoms. The van der Waals surface area contributed by atoms with Crippen molar-refractivity contribution in [2.45, 2.75) is 57.8 Å². The van der Waals surface area contributed by atoms with E-state index in [1.807, 2.05) is 10.6 Å². The summed E-state index contributed by atoms with van der Waals surface area (Å²) in [6.45, 7) is 5.01. The maximum absolute atomic E-state index is 5.44. The lowest BCUT2D eigenvalue weighted by Crippen LogP contribution is -2.11. The van der Waals surface area contributed by atoms with E-state index in [4.69, 9.17) is 4.52 Å². The van der Waals surface area contributed by atoms with Gasteiger partial charge in [0.05, 0.1) is 6.20 Å². The number of rotatable bonds is 6. The zero-order valence-electron chi connectivity index (χ0n) is 14.8. The van der Waals surface area contributed by atoms with Gasteiger partial charge in [0.1, 0.15) is 5.82 Å². The lowest BCUT2D eigenvalue weighted by atomic mass is 10.1. The number of hydrogen-bond acceptors (Lipinski definition) is 6. The lowest BCUT2D eigenvalue weighted by Gasteiger charge is -2.11. The molecule has 132 valence electrons. The van der Waals surface area contributed by atoms with Crippen LogP contribution in [0.4, 0.5) is 5.82 Å². The van der Waals surface area contributed by atoms with Gasteiger partial charge in [-0.1, -0.05) is 31.8 Å². The highest BCUT2D eigenvalue weighted by Crippen LogP contribution is 2.32. The molecule has 1 aliphatic rings. The molecule has 0 radical (unpaired) electrons. The Hall–Kier alpha value is -2.44. The molecular weight excluding hydrogens is 316 g/mol. The van der Waals surface area contributed by atoms with E-state index in [9.17, 15) is 0 Å². The zero-order valence-corrected chi connectivity index (χ0v) is 14.8. The standard InChI is InChI=1S/C18H24N6O/c1-12(2)14-11-17(24-16(21-14)8-10-20-24)19-9-7-15-22-18(25-23-15)13-5-3-4-6-13/h8,10-13,19H,3-7,9H2,1-2H3. The lowest BCUT2D eigenvalue weighted by molar-refractivity contribution is 0.350. The molecule has 0 aromatic carbocycles. The highest BCUT2D eigenvalue weighted by atomic mass is 16.5. The van der Waals surface area contributed by atoms with E-state index in [0.29, 0.717) is 11.8 Å². The van der Waals surface area contributed by atoms with Crippen LogP contribution in [0, 0.1) is 0 Å². The van der Waals surface area contributed by atoms with Crippen molar-refractivity contribution in [1.82, 2.24) is 24.7 Å². The van der Waals surface area contributed by atoms with Crippen molar-refractivity contribution >= 4 is 11.5 Å². The number of nitrogens with zero attached hydrogens (tertiary/aromatic N) is 5. The first-order valence-electron chi connectivity index (χ1n) is 9.12. The third-order valence-corrected chi connectivity index (χ3v) is 4.81. The minimum atomic E-state index is 0.367. The highest BCUT2D eigenvalue weighted by molar-refractivity contribution is 5.49. The van der Waals surface area contributed by atoms with Crippen LogP contribution < -0.4 is 5.32 Å². The van der Waals surface area contributed by atoms with E-state index in [-0.39, 0.29) is 0 Å². The minimum absolute atomic E-state index is 0.367. The second kappa shape index (κ2) is 6.82. The Morgan fingerprint density at radius 2 is 2.12 bits per heavy atom. The second-order valence-corrected chi connectivity index (χ2v) is 7.03. The summed E-state index contributed by atoms with van der Waals surface area (Å²) >= 11 is 0. The van der Waals surface area contributed by atoms with Crippen LogP contribution in [-0.2, 0) is 6.42 Å². The molecule has 3 aromatic rings. The van der Waals surface area contributed by atoms with Crippen LogP contribution in [0.25, 0.3) is 5.65 Å². The van der Waals surface area contributed by atoms with Crippen molar-refractivity contribution in [1.29, 1.82) is 0 Å². The number of fused-ring (bicyclic) bond motifs is 1. The first-order chi connectivity index (χ1) is 12.2. The maximum Gasteiger partial charge on any atom is 0.229 e. The Balaban J connectivity index is 1.43. The molecule has 7 nitrogen and oxygen atoms in total. The molecule has 1 saturated carbocycles. The van der Waals surface area contributed by atoms with Gasteiger partial charge in [0, 0.05) is 36.7 Å². The minimum Gasteiger partial charge on any atom is -0.369 e. The van der Waals surface area contributed by atoms with E-state index >= 15 is 0 Å². The van der Waals surface area contributed by atoms with Gasteiger partial charge in [-0.05, 0) is 18.8 Å². The van der Waals surface area contributed by atoms with Crippen LogP contribution in [0.1, 0.15) is 68.8 Å². The summed E-state index contributed by atoms with van der Waals surface area (Å²) in [6, 6.07) is 3.98. The first kappa shape index (κ1) is 16.1. The smallest absolute Gasteiger partial charge is 0.229 e. The molecule has 3 heterocycles. The van der Waals surface area contributed by atoms with Crippen molar-refractivity contribution in [3.63, 3.8) is 0 Å². The summed E-state index contributed by atoms with van der Waals surface area (Å²) in [4.78, 5) is 9.20. The molecule has 1 aliphatic carbocycles. The van der Waals surface area contributed by atoms with Crippen molar-refractivity contribution in [2.24, 2.45) is 0 Å². The molecule has 3 aromatic heterocycles. The summed E-state index contributed by atoms with van der Waals surface area (Å²) in [6.07, 6.45) is 7.37. The number of anilines is 1. The summed E-state index contributed by atoms with van der Waals surface area (Å²) in [5.41, 5.74) is 1.91. The maximum atomic E-state index is 5.44. The van der Waals surface area contributed by atoms with Crippen LogP contribution in [-0.4, -0.2) is 31.3 Å². The van der Waals surface area contributed by atoms with Gasteiger partial charge in [0.2, 0.25) is 5.89 Å². The van der Waals surface area contributed by atoms with Crippen LogP contribution in [0.5, 0.6) is 0 Å². The Morgan fingerprint density at radius 1 is 1.28 bits per heavy atom. The van der Waals surface area contributed by atoms with Crippen LogP contribution in [0.3, 0.4) is 0 Å². The predicted octanol–water partition coefficient (Wildman–Crippen LogP) is 3.55. The van der Waals surface area contributed by atoms with Crippen LogP contribution in [0.15, 0.2) is 22.9 Å². The molecule has 0 aliphatic heterocycles. The predicted molar refractivity (Wildman–Crippen MR) is 94.8 cm³/mol. The third-order valence-electron chi connectivity index (χ3n) is 4.81. The third kappa shape index (κ3) is 3.36. The Bertz CT molecular complexity index is 846. The molecule has 0 unspecified atom stereocenters. The van der Waals surface area contributed by atoms with E-state index in [2.05, 4.69) is 45.5 Å². The van der Waals surface area contributed by atoms with Gasteiger partial charge in [-0.15, -0.1) is 0 Å². The molecule has 4 rings (SSSR count). The molecule has 0 amide bonds. The number of aromatic nitrogens is 5. The van der Waals surface area contributed by atoms with Gasteiger partial charge in [-0.3, -0.25) is 0 Å². The van der Waals surface area contributed by atoms with Gasteiger partial charge in [-0.2, -0.15) is 14.6 Å². The molecular formula is C18H24N6O. The Labute approximate surface area is 146 Å². The number of hydrogen-bond donors (Lipinski definition) is 1. The Kier molecular flexibility index (Phi) is 4.38. The fourth-order valence-corrected chi connectivity index (χ4v) is 3.36. The van der Waals surface area contributed by atoms with E-state index < -0.39 is 0 Å². The fourth-order valence-electron chi connectivity index (χ4n) is 3.36. The highest BCUT2D eigenvalue weighted by Gasteiger charge is 2.22. The van der Waals surface area contributed by atoms with E-state index in [1.54, 1.807) is 6.20 Å². The zero-order chi connectivity index (χ0) is 17.2. The molecule has 25 heavy (non-hydrogen) atoms. The van der Waals surface area contributed by atoms with Crippen LogP contribution >= 0.6 is 0 Å². The summed E-state index contributed by atoms with van der Waals surface area (Å²) in [7, 11) is 0. The normalized spacial score (nSPS) is 15.5. The summed E-state index contributed by atoms with van der Waals surface area (Å²) in [5.74, 6) is 3.36. The largest absolute Gasteiger partial charge is 0.369 e. The van der Waals surface area contributed by atoms with Gasteiger partial charge in [-0.25, -0.2) is 4.98 Å². The molecule has 0 atom stereocenters. The monoisotopic (exact) mass is 340 g/mol. The van der Waals surface area contributed by atoms with Gasteiger partial charge in [0.15, 0.2) is 11.5 Å². The average Bonchev–Trinajstić information content (AvgIpc) is 3.35. The summed E-state index contributed by atoms with van der Waals surface area (Å²) in [5, 5.41) is 11.9. The quantitative estimate of drug-likeness (QED) is 0.739. The van der Waals surface area contributed by atoms with Crippen molar-refractivity contribution in [3.05, 3.63) is 35.7 Å². The van der Waals surface area contributed by atoms with E-state index in [0.717, 1.165) is 41.8 Å². The van der Waals surface area contributed by atoms with Crippen molar-refractivity contribution < 1.29 is 4.52 Å². The Morgan fingerprint density at radius 3 is 2.92 bits per heavy atom. The molecule has 1 N–H and O–H groups in total. The molecule has 1 fully saturated rings. The second-order valence-electron chi connectivity index (χ2n) is 7.03. The van der Waals surface area contributed by atoms with Crippen molar-refractivity contribution in [3.8, 4) is 0 Å². The SMILES string of the molecule is CC(C)c1cc(NCCc2noc(C3CCCC3)n2)n2nccc2n1. The van der Waals surface area contributed by atoms with Gasteiger partial charge < -0.3 is 9.84 Å². The van der Waals surface area contributed by atoms with Crippen molar-refractivity contribution in [2.75, 3.05) is 11.9 Å². The summed E-state index contributed by atoms with van der Waals surface area (Å²) < 4.78 is 7.27. The average molecular weight is 340 g/mol. The first-order valence-corrected chi connectivity index (χ1v) is 9.12. The van der Waals surface area contributed by atoms with Gasteiger partial charge >= 0.3 is 0 Å². The van der Waals surface area contributed by atoms with Gasteiger partial charge in [0.25, 0.3) is 0 Å². The molecule has 0 bridgehead atoms. The fraction of sp³-hybridized carbons (Fsp3) is 0.556.